The van der Waals surface area contributed by atoms with Gasteiger partial charge in [0.05, 0.1) is 0 Å². The van der Waals surface area contributed by atoms with E-state index in [2.05, 4.69) is 41.4 Å². The van der Waals surface area contributed by atoms with E-state index in [1.54, 1.807) is 11.8 Å². The van der Waals surface area contributed by atoms with Crippen molar-refractivity contribution in [3.8, 4) is 5.75 Å². The minimum atomic E-state index is -0.207. The molecule has 0 amide bonds. The van der Waals surface area contributed by atoms with Crippen LogP contribution in [0.1, 0.15) is 35.5 Å². The molecule has 4 nitrogen and oxygen atoms in total. The van der Waals surface area contributed by atoms with Gasteiger partial charge in [0.1, 0.15) is 5.75 Å². The molecule has 1 atom stereocenters. The highest BCUT2D eigenvalue weighted by Crippen LogP contribution is 2.27. The van der Waals surface area contributed by atoms with E-state index in [9.17, 15) is 0 Å². The van der Waals surface area contributed by atoms with Crippen LogP contribution >= 0.6 is 23.4 Å². The van der Waals surface area contributed by atoms with Gasteiger partial charge in [-0.25, -0.2) is 0 Å². The summed E-state index contributed by atoms with van der Waals surface area (Å²) in [5, 5.41) is 10.3. The normalized spacial score (nSPS) is 12.2. The summed E-state index contributed by atoms with van der Waals surface area (Å²) < 4.78 is 8.01. The van der Waals surface area contributed by atoms with Crippen molar-refractivity contribution in [3.63, 3.8) is 0 Å². The summed E-state index contributed by atoms with van der Waals surface area (Å²) >= 11 is 7.75. The molecule has 2 aromatic carbocycles. The molecule has 0 radical (unpaired) electrons. The van der Waals surface area contributed by atoms with E-state index in [4.69, 9.17) is 16.3 Å². The predicted octanol–water partition coefficient (Wildman–Crippen LogP) is 5.52. The maximum Gasteiger partial charge on any atom is 0.191 e. The first-order chi connectivity index (χ1) is 12.4. The number of ether oxygens (including phenoxy) is 1. The smallest absolute Gasteiger partial charge is 0.191 e. The van der Waals surface area contributed by atoms with E-state index < -0.39 is 0 Å². The Morgan fingerprint density at radius 3 is 2.69 bits per heavy atom. The van der Waals surface area contributed by atoms with E-state index >= 15 is 0 Å². The quantitative estimate of drug-likeness (QED) is 0.522. The third-order valence-electron chi connectivity index (χ3n) is 4.12. The Kier molecular flexibility index (Phi) is 5.89. The molecular formula is C20H22ClN3OS. The fourth-order valence-electron chi connectivity index (χ4n) is 2.70. The summed E-state index contributed by atoms with van der Waals surface area (Å²) in [6, 6.07) is 14.2. The number of thioether (sulfide) groups is 1. The minimum absolute atomic E-state index is 0.207. The third kappa shape index (κ3) is 4.40. The van der Waals surface area contributed by atoms with Gasteiger partial charge >= 0.3 is 0 Å². The second-order valence-corrected chi connectivity index (χ2v) is 7.70. The molecule has 1 heterocycles. The maximum absolute atomic E-state index is 6.07. The van der Waals surface area contributed by atoms with Crippen molar-refractivity contribution in [2.45, 2.75) is 37.8 Å². The Labute approximate surface area is 163 Å². The fraction of sp³-hybridized carbons (Fsp3) is 0.300. The third-order valence-corrected chi connectivity index (χ3v) is 5.64. The Morgan fingerprint density at radius 2 is 1.96 bits per heavy atom. The zero-order chi connectivity index (χ0) is 18.7. The number of rotatable bonds is 6. The lowest BCUT2D eigenvalue weighted by Gasteiger charge is -2.15. The summed E-state index contributed by atoms with van der Waals surface area (Å²) in [6.07, 6.45) is -0.207. The molecule has 0 saturated heterocycles. The van der Waals surface area contributed by atoms with Crippen LogP contribution in [0.5, 0.6) is 5.75 Å². The number of halogens is 1. The molecule has 0 N–H and O–H groups in total. The Morgan fingerprint density at radius 1 is 1.15 bits per heavy atom. The number of aryl methyl sites for hydroxylation is 2. The number of aromatic nitrogens is 3. The summed E-state index contributed by atoms with van der Waals surface area (Å²) in [7, 11) is 1.97. The highest BCUT2D eigenvalue weighted by Gasteiger charge is 2.17. The average Bonchev–Trinajstić information content (AvgIpc) is 2.97. The number of hydrogen-bond acceptors (Lipinski definition) is 4. The van der Waals surface area contributed by atoms with E-state index in [1.165, 1.54) is 11.1 Å². The van der Waals surface area contributed by atoms with Crippen molar-refractivity contribution in [1.82, 2.24) is 14.8 Å². The lowest BCUT2D eigenvalue weighted by atomic mass is 10.2. The standard InChI is InChI=1S/C20H22ClN3OS/c1-13-6-5-7-16(10-13)12-26-20-23-22-19(24(20)4)15(3)25-17-8-9-18(21)14(2)11-17/h5-11,15H,12H2,1-4H3. The molecular weight excluding hydrogens is 366 g/mol. The molecule has 6 heteroatoms. The first-order valence-electron chi connectivity index (χ1n) is 8.44. The van der Waals surface area contributed by atoms with Crippen molar-refractivity contribution in [2.24, 2.45) is 7.05 Å². The molecule has 0 aliphatic rings. The number of benzene rings is 2. The molecule has 3 rings (SSSR count). The van der Waals surface area contributed by atoms with Crippen molar-refractivity contribution in [3.05, 3.63) is 70.0 Å². The molecule has 136 valence electrons. The van der Waals surface area contributed by atoms with Crippen LogP contribution < -0.4 is 4.74 Å². The van der Waals surface area contributed by atoms with Gasteiger partial charge in [-0.2, -0.15) is 0 Å². The monoisotopic (exact) mass is 387 g/mol. The van der Waals surface area contributed by atoms with Crippen LogP contribution in [0.2, 0.25) is 5.02 Å². The molecule has 0 saturated carbocycles. The van der Waals surface area contributed by atoms with Crippen molar-refractivity contribution in [1.29, 1.82) is 0 Å². The first-order valence-corrected chi connectivity index (χ1v) is 9.81. The van der Waals surface area contributed by atoms with Gasteiger partial charge < -0.3 is 9.30 Å². The number of hydrogen-bond donors (Lipinski definition) is 0. The van der Waals surface area contributed by atoms with E-state index in [1.807, 2.05) is 43.7 Å². The van der Waals surface area contributed by atoms with Gasteiger partial charge in [0, 0.05) is 17.8 Å². The molecule has 0 bridgehead atoms. The summed E-state index contributed by atoms with van der Waals surface area (Å²) in [5.41, 5.74) is 3.53. The second kappa shape index (κ2) is 8.14. The van der Waals surface area contributed by atoms with Gasteiger partial charge in [-0.05, 0) is 50.1 Å². The van der Waals surface area contributed by atoms with Crippen LogP contribution in [0.4, 0.5) is 0 Å². The largest absolute Gasteiger partial charge is 0.483 e. The highest BCUT2D eigenvalue weighted by atomic mass is 35.5. The molecule has 1 aromatic heterocycles. The first kappa shape index (κ1) is 18.8. The fourth-order valence-corrected chi connectivity index (χ4v) is 3.68. The molecule has 0 spiro atoms. The van der Waals surface area contributed by atoms with Crippen LogP contribution in [0, 0.1) is 13.8 Å². The van der Waals surface area contributed by atoms with Crippen LogP contribution in [-0.4, -0.2) is 14.8 Å². The lowest BCUT2D eigenvalue weighted by molar-refractivity contribution is 0.211. The van der Waals surface area contributed by atoms with Crippen LogP contribution in [0.3, 0.4) is 0 Å². The maximum atomic E-state index is 6.07. The zero-order valence-corrected chi connectivity index (χ0v) is 16.9. The summed E-state index contributed by atoms with van der Waals surface area (Å²) in [5.74, 6) is 2.43. The van der Waals surface area contributed by atoms with Crippen LogP contribution in [0.25, 0.3) is 0 Å². The highest BCUT2D eigenvalue weighted by molar-refractivity contribution is 7.98. The predicted molar refractivity (Wildman–Crippen MR) is 107 cm³/mol. The van der Waals surface area contributed by atoms with Crippen molar-refractivity contribution >= 4 is 23.4 Å². The van der Waals surface area contributed by atoms with Gasteiger partial charge in [-0.1, -0.05) is 53.2 Å². The molecule has 1 unspecified atom stereocenters. The Balaban J connectivity index is 1.68. The molecule has 0 aliphatic carbocycles. The topological polar surface area (TPSA) is 39.9 Å². The molecule has 0 fully saturated rings. The Hall–Kier alpha value is -1.98. The average molecular weight is 388 g/mol. The SMILES string of the molecule is Cc1cccc(CSc2nnc(C(C)Oc3ccc(Cl)c(C)c3)n2C)c1. The second-order valence-electron chi connectivity index (χ2n) is 6.35. The minimum Gasteiger partial charge on any atom is -0.483 e. The van der Waals surface area contributed by atoms with Gasteiger partial charge in [0.2, 0.25) is 0 Å². The van der Waals surface area contributed by atoms with Gasteiger partial charge in [-0.3, -0.25) is 0 Å². The van der Waals surface area contributed by atoms with Gasteiger partial charge in [0.15, 0.2) is 17.1 Å². The Bertz CT molecular complexity index is 910. The molecule has 3 aromatic rings. The summed E-state index contributed by atoms with van der Waals surface area (Å²) in [4.78, 5) is 0. The zero-order valence-electron chi connectivity index (χ0n) is 15.4. The summed E-state index contributed by atoms with van der Waals surface area (Å²) in [6.45, 7) is 6.04. The lowest BCUT2D eigenvalue weighted by Crippen LogP contribution is -2.10. The van der Waals surface area contributed by atoms with Crippen molar-refractivity contribution in [2.75, 3.05) is 0 Å². The van der Waals surface area contributed by atoms with Gasteiger partial charge in [0.25, 0.3) is 0 Å². The molecule has 0 aliphatic heterocycles. The van der Waals surface area contributed by atoms with Gasteiger partial charge in [-0.15, -0.1) is 10.2 Å². The molecule has 26 heavy (non-hydrogen) atoms. The number of nitrogens with zero attached hydrogens (tertiary/aromatic N) is 3. The van der Waals surface area contributed by atoms with Crippen LogP contribution in [0.15, 0.2) is 47.6 Å². The van der Waals surface area contributed by atoms with Crippen LogP contribution in [-0.2, 0) is 12.8 Å². The van der Waals surface area contributed by atoms with E-state index in [-0.39, 0.29) is 6.10 Å². The van der Waals surface area contributed by atoms with E-state index in [0.29, 0.717) is 0 Å². The van der Waals surface area contributed by atoms with Crippen molar-refractivity contribution < 1.29 is 4.74 Å². The van der Waals surface area contributed by atoms with E-state index in [0.717, 1.165) is 33.1 Å².